The van der Waals surface area contributed by atoms with Crippen LogP contribution in [0, 0.1) is 0 Å². The highest BCUT2D eigenvalue weighted by molar-refractivity contribution is 5.77. The summed E-state index contributed by atoms with van der Waals surface area (Å²) in [6.07, 6.45) is 4.83. The number of aryl methyl sites for hydroxylation is 1. The van der Waals surface area contributed by atoms with Crippen molar-refractivity contribution in [2.24, 2.45) is 0 Å². The van der Waals surface area contributed by atoms with Gasteiger partial charge in [0.05, 0.1) is 5.39 Å². The van der Waals surface area contributed by atoms with Crippen molar-refractivity contribution < 1.29 is 4.79 Å². The molecule has 0 aliphatic carbocycles. The minimum atomic E-state index is -0.109. The van der Waals surface area contributed by atoms with Gasteiger partial charge in [-0.25, -0.2) is 9.67 Å². The van der Waals surface area contributed by atoms with E-state index in [1.165, 1.54) is 4.68 Å². The maximum Gasteiger partial charge on any atom is 0.277 e. The molecule has 156 valence electrons. The van der Waals surface area contributed by atoms with Crippen molar-refractivity contribution in [3.8, 4) is 0 Å². The lowest BCUT2D eigenvalue weighted by Crippen LogP contribution is -2.49. The number of aromatic nitrogens is 4. The molecule has 1 aromatic carbocycles. The first kappa shape index (κ1) is 20.0. The molecule has 8 nitrogen and oxygen atoms in total. The SMILES string of the molecule is O=C(CCCCCn1nnc2ccccc2c1=O)N1CCN(c2ccccn2)CC1. The van der Waals surface area contributed by atoms with E-state index in [1.54, 1.807) is 18.3 Å². The maximum absolute atomic E-state index is 12.5. The number of carbonyl (C=O) groups is 1. The van der Waals surface area contributed by atoms with E-state index < -0.39 is 0 Å². The summed E-state index contributed by atoms with van der Waals surface area (Å²) in [6.45, 7) is 3.61. The smallest absolute Gasteiger partial charge is 0.277 e. The topological polar surface area (TPSA) is 84.2 Å². The molecule has 1 aliphatic heterocycles. The molecule has 1 amide bonds. The van der Waals surface area contributed by atoms with E-state index in [0.717, 1.165) is 51.3 Å². The second-order valence-corrected chi connectivity index (χ2v) is 7.50. The van der Waals surface area contributed by atoms with E-state index in [2.05, 4.69) is 20.2 Å². The third-order valence-electron chi connectivity index (χ3n) is 5.50. The Morgan fingerprint density at radius 2 is 1.73 bits per heavy atom. The second-order valence-electron chi connectivity index (χ2n) is 7.50. The van der Waals surface area contributed by atoms with Gasteiger partial charge in [0.1, 0.15) is 11.3 Å². The minimum Gasteiger partial charge on any atom is -0.353 e. The Hall–Kier alpha value is -3.29. The van der Waals surface area contributed by atoms with Gasteiger partial charge in [-0.05, 0) is 37.1 Å². The lowest BCUT2D eigenvalue weighted by molar-refractivity contribution is -0.131. The van der Waals surface area contributed by atoms with Crippen molar-refractivity contribution >= 4 is 22.6 Å². The Kier molecular flexibility index (Phi) is 6.32. The zero-order valence-electron chi connectivity index (χ0n) is 17.0. The number of piperazine rings is 1. The number of carbonyl (C=O) groups excluding carboxylic acids is 1. The number of anilines is 1. The van der Waals surface area contributed by atoms with E-state index >= 15 is 0 Å². The zero-order chi connectivity index (χ0) is 20.8. The van der Waals surface area contributed by atoms with Crippen molar-refractivity contribution in [3.63, 3.8) is 0 Å². The molecule has 0 spiro atoms. The summed E-state index contributed by atoms with van der Waals surface area (Å²) in [5.41, 5.74) is 0.509. The third-order valence-corrected chi connectivity index (χ3v) is 5.50. The van der Waals surface area contributed by atoms with Crippen molar-refractivity contribution in [2.75, 3.05) is 31.1 Å². The summed E-state index contributed by atoms with van der Waals surface area (Å²) in [5, 5.41) is 8.71. The summed E-state index contributed by atoms with van der Waals surface area (Å²) < 4.78 is 1.42. The van der Waals surface area contributed by atoms with Crippen molar-refractivity contribution in [2.45, 2.75) is 32.2 Å². The second kappa shape index (κ2) is 9.47. The van der Waals surface area contributed by atoms with Crippen LogP contribution in [-0.4, -0.2) is 57.0 Å². The molecule has 2 aromatic heterocycles. The van der Waals surface area contributed by atoms with Gasteiger partial charge in [-0.2, -0.15) is 0 Å². The van der Waals surface area contributed by atoms with Crippen LogP contribution < -0.4 is 10.5 Å². The third kappa shape index (κ3) is 4.64. The zero-order valence-corrected chi connectivity index (χ0v) is 17.0. The maximum atomic E-state index is 12.5. The van der Waals surface area contributed by atoms with Gasteiger partial charge in [0.15, 0.2) is 0 Å². The normalized spacial score (nSPS) is 14.3. The summed E-state index contributed by atoms with van der Waals surface area (Å²) in [4.78, 5) is 33.5. The standard InChI is InChI=1S/C22H26N6O2/c29-21(27-16-14-26(15-17-27)20-10-5-6-12-23-20)11-2-1-7-13-28-22(30)18-8-3-4-9-19(18)24-25-28/h3-6,8-10,12H,1-2,7,11,13-17H2. The molecule has 0 atom stereocenters. The van der Waals surface area contributed by atoms with Crippen molar-refractivity contribution in [1.29, 1.82) is 0 Å². The molecule has 1 fully saturated rings. The molecule has 0 bridgehead atoms. The van der Waals surface area contributed by atoms with Crippen LogP contribution in [0.25, 0.3) is 10.9 Å². The van der Waals surface area contributed by atoms with E-state index in [-0.39, 0.29) is 11.5 Å². The van der Waals surface area contributed by atoms with Gasteiger partial charge in [-0.1, -0.05) is 29.8 Å². The summed E-state index contributed by atoms with van der Waals surface area (Å²) in [7, 11) is 0. The van der Waals surface area contributed by atoms with E-state index in [1.807, 2.05) is 35.2 Å². The Morgan fingerprint density at radius 3 is 2.53 bits per heavy atom. The van der Waals surface area contributed by atoms with Crippen molar-refractivity contribution in [3.05, 3.63) is 59.0 Å². The number of rotatable bonds is 7. The average molecular weight is 406 g/mol. The molecule has 8 heteroatoms. The van der Waals surface area contributed by atoms with Gasteiger partial charge in [-0.15, -0.1) is 5.10 Å². The summed E-state index contributed by atoms with van der Waals surface area (Å²) in [5.74, 6) is 1.18. The molecule has 1 aliphatic rings. The molecule has 4 rings (SSSR count). The quantitative estimate of drug-likeness (QED) is 0.559. The highest BCUT2D eigenvalue weighted by Gasteiger charge is 2.21. The van der Waals surface area contributed by atoms with Crippen LogP contribution in [0.5, 0.6) is 0 Å². The van der Waals surface area contributed by atoms with Crippen LogP contribution in [0.1, 0.15) is 25.7 Å². The predicted molar refractivity (Wildman–Crippen MR) is 115 cm³/mol. The highest BCUT2D eigenvalue weighted by Crippen LogP contribution is 2.14. The molecule has 3 heterocycles. The number of benzene rings is 1. The number of fused-ring (bicyclic) bond motifs is 1. The molecular weight excluding hydrogens is 380 g/mol. The first-order valence-corrected chi connectivity index (χ1v) is 10.5. The minimum absolute atomic E-state index is 0.109. The average Bonchev–Trinajstić information content (AvgIpc) is 2.81. The van der Waals surface area contributed by atoms with Crippen LogP contribution >= 0.6 is 0 Å². The molecule has 0 unspecified atom stereocenters. The summed E-state index contributed by atoms with van der Waals surface area (Å²) in [6, 6.07) is 13.1. The monoisotopic (exact) mass is 406 g/mol. The molecule has 3 aromatic rings. The predicted octanol–water partition coefficient (Wildman–Crippen LogP) is 2.10. The van der Waals surface area contributed by atoms with E-state index in [0.29, 0.717) is 23.9 Å². The number of amides is 1. The first-order chi connectivity index (χ1) is 14.7. The van der Waals surface area contributed by atoms with Gasteiger partial charge >= 0.3 is 0 Å². The number of hydrogen-bond donors (Lipinski definition) is 0. The largest absolute Gasteiger partial charge is 0.353 e. The fourth-order valence-electron chi connectivity index (χ4n) is 3.77. The highest BCUT2D eigenvalue weighted by atomic mass is 16.2. The van der Waals surface area contributed by atoms with Crippen LogP contribution in [0.15, 0.2) is 53.5 Å². The molecule has 0 N–H and O–H groups in total. The Morgan fingerprint density at radius 1 is 0.933 bits per heavy atom. The lowest BCUT2D eigenvalue weighted by atomic mass is 10.1. The fraction of sp³-hybridized carbons (Fsp3) is 0.409. The fourth-order valence-corrected chi connectivity index (χ4v) is 3.77. The van der Waals surface area contributed by atoms with Gasteiger partial charge < -0.3 is 9.80 Å². The lowest BCUT2D eigenvalue weighted by Gasteiger charge is -2.35. The van der Waals surface area contributed by atoms with Crippen LogP contribution in [0.4, 0.5) is 5.82 Å². The van der Waals surface area contributed by atoms with Gasteiger partial charge in [0, 0.05) is 45.3 Å². The van der Waals surface area contributed by atoms with Crippen LogP contribution in [-0.2, 0) is 11.3 Å². The molecule has 0 radical (unpaired) electrons. The van der Waals surface area contributed by atoms with E-state index in [4.69, 9.17) is 0 Å². The van der Waals surface area contributed by atoms with Gasteiger partial charge in [0.25, 0.3) is 5.56 Å². The van der Waals surface area contributed by atoms with Crippen LogP contribution in [0.3, 0.4) is 0 Å². The number of hydrogen-bond acceptors (Lipinski definition) is 6. The molecule has 0 saturated carbocycles. The number of pyridine rings is 1. The van der Waals surface area contributed by atoms with Crippen molar-refractivity contribution in [1.82, 2.24) is 24.9 Å². The molecule has 1 saturated heterocycles. The summed E-state index contributed by atoms with van der Waals surface area (Å²) >= 11 is 0. The Bertz CT molecular complexity index is 1040. The number of nitrogens with zero attached hydrogens (tertiary/aromatic N) is 6. The van der Waals surface area contributed by atoms with E-state index in [9.17, 15) is 9.59 Å². The Labute approximate surface area is 175 Å². The molecular formula is C22H26N6O2. The van der Waals surface area contributed by atoms with Gasteiger partial charge in [0.2, 0.25) is 5.91 Å². The Balaban J connectivity index is 1.18. The van der Waals surface area contributed by atoms with Gasteiger partial charge in [-0.3, -0.25) is 9.59 Å². The first-order valence-electron chi connectivity index (χ1n) is 10.5. The number of unbranched alkanes of at least 4 members (excludes halogenated alkanes) is 2. The van der Waals surface area contributed by atoms with Crippen LogP contribution in [0.2, 0.25) is 0 Å². The molecule has 30 heavy (non-hydrogen) atoms.